The van der Waals surface area contributed by atoms with E-state index in [4.69, 9.17) is 4.74 Å². The second-order valence-electron chi connectivity index (χ2n) is 4.99. The lowest BCUT2D eigenvalue weighted by atomic mass is 10.1. The Morgan fingerprint density at radius 1 is 1.26 bits per heavy atom. The van der Waals surface area contributed by atoms with Crippen LogP contribution in [0.15, 0.2) is 37.0 Å². The van der Waals surface area contributed by atoms with Crippen molar-refractivity contribution < 1.29 is 13.2 Å². The minimum Gasteiger partial charge on any atom is -0.459 e. The second kappa shape index (κ2) is 7.14. The summed E-state index contributed by atoms with van der Waals surface area (Å²) in [6.07, 6.45) is 4.47. The molecule has 1 unspecified atom stereocenters. The van der Waals surface area contributed by atoms with Crippen LogP contribution in [0.4, 0.5) is 0 Å². The summed E-state index contributed by atoms with van der Waals surface area (Å²) in [5, 5.41) is 0. The Kier molecular flexibility index (Phi) is 5.36. The summed E-state index contributed by atoms with van der Waals surface area (Å²) in [7, 11) is -3.48. The molecule has 124 valence electrons. The van der Waals surface area contributed by atoms with Gasteiger partial charge in [-0.3, -0.25) is 0 Å². The van der Waals surface area contributed by atoms with Gasteiger partial charge in [0.1, 0.15) is 10.3 Å². The zero-order valence-corrected chi connectivity index (χ0v) is 16.7. The van der Waals surface area contributed by atoms with Gasteiger partial charge >= 0.3 is 6.01 Å². The maximum absolute atomic E-state index is 12.7. The largest absolute Gasteiger partial charge is 0.459 e. The minimum absolute atomic E-state index is 0.247. The van der Waals surface area contributed by atoms with Crippen LogP contribution in [0.2, 0.25) is 0 Å². The molecule has 23 heavy (non-hydrogen) atoms. The highest BCUT2D eigenvalue weighted by Gasteiger charge is 2.32. The third kappa shape index (κ3) is 4.11. The Balaban J connectivity index is 1.71. The van der Waals surface area contributed by atoms with E-state index in [-0.39, 0.29) is 12.1 Å². The Labute approximate surface area is 155 Å². The summed E-state index contributed by atoms with van der Waals surface area (Å²) in [6, 6.07) is 3.62. The summed E-state index contributed by atoms with van der Waals surface area (Å²) >= 11 is 7.78. The van der Waals surface area contributed by atoms with E-state index in [1.807, 2.05) is 0 Å². The van der Waals surface area contributed by atoms with Gasteiger partial charge in [0.25, 0.3) is 10.0 Å². The highest BCUT2D eigenvalue weighted by atomic mass is 79.9. The lowest BCUT2D eigenvalue weighted by molar-refractivity contribution is 0.119. The first-order chi connectivity index (χ1) is 10.9. The first kappa shape index (κ1) is 17.3. The van der Waals surface area contributed by atoms with Gasteiger partial charge < -0.3 is 4.74 Å². The molecule has 1 saturated heterocycles. The molecule has 0 spiro atoms. The van der Waals surface area contributed by atoms with E-state index in [1.54, 1.807) is 24.5 Å². The Morgan fingerprint density at radius 2 is 2.00 bits per heavy atom. The smallest absolute Gasteiger partial charge is 0.316 e. The van der Waals surface area contributed by atoms with E-state index in [1.165, 1.54) is 15.6 Å². The maximum atomic E-state index is 12.7. The first-order valence-electron chi connectivity index (χ1n) is 6.85. The number of aromatic nitrogens is 2. The quantitative estimate of drug-likeness (QED) is 0.668. The molecule has 2 aromatic rings. The van der Waals surface area contributed by atoms with Crippen molar-refractivity contribution in [2.75, 3.05) is 13.1 Å². The maximum Gasteiger partial charge on any atom is 0.316 e. The molecule has 0 bridgehead atoms. The van der Waals surface area contributed by atoms with E-state index in [0.29, 0.717) is 17.3 Å². The van der Waals surface area contributed by atoms with Crippen molar-refractivity contribution in [3.63, 3.8) is 0 Å². The summed E-state index contributed by atoms with van der Waals surface area (Å²) in [4.78, 5) is 8.14. The summed E-state index contributed by atoms with van der Waals surface area (Å²) in [6.45, 7) is 0.802. The van der Waals surface area contributed by atoms with Crippen LogP contribution >= 0.6 is 43.2 Å². The Morgan fingerprint density at radius 3 is 2.65 bits per heavy atom. The predicted molar refractivity (Wildman–Crippen MR) is 94.2 cm³/mol. The van der Waals surface area contributed by atoms with Gasteiger partial charge in [-0.1, -0.05) is 0 Å². The molecule has 0 aliphatic carbocycles. The molecular weight excluding hydrogens is 470 g/mol. The van der Waals surface area contributed by atoms with Crippen LogP contribution in [-0.4, -0.2) is 41.9 Å². The third-order valence-electron chi connectivity index (χ3n) is 3.35. The average molecular weight is 483 g/mol. The number of ether oxygens (including phenoxy) is 1. The number of hydrogen-bond acceptors (Lipinski definition) is 6. The number of halogens is 2. The third-order valence-corrected chi connectivity index (χ3v) is 7.72. The molecular formula is C13H13Br2N3O3S2. The van der Waals surface area contributed by atoms with Crippen molar-refractivity contribution >= 4 is 53.2 Å². The van der Waals surface area contributed by atoms with Gasteiger partial charge in [-0.25, -0.2) is 18.4 Å². The minimum atomic E-state index is -3.48. The Bertz CT molecular complexity index is 780. The summed E-state index contributed by atoms with van der Waals surface area (Å²) < 4.78 is 34.4. The topological polar surface area (TPSA) is 72.4 Å². The average Bonchev–Trinajstić information content (AvgIpc) is 2.97. The van der Waals surface area contributed by atoms with Gasteiger partial charge in [-0.15, -0.1) is 11.3 Å². The van der Waals surface area contributed by atoms with Crippen LogP contribution in [0.3, 0.4) is 0 Å². The zero-order chi connectivity index (χ0) is 16.4. The number of hydrogen-bond donors (Lipinski definition) is 0. The lowest BCUT2D eigenvalue weighted by Crippen LogP contribution is -2.44. The highest BCUT2D eigenvalue weighted by molar-refractivity contribution is 9.11. The van der Waals surface area contributed by atoms with Crippen molar-refractivity contribution in [2.24, 2.45) is 0 Å². The monoisotopic (exact) mass is 481 g/mol. The van der Waals surface area contributed by atoms with Crippen molar-refractivity contribution in [2.45, 2.75) is 23.2 Å². The van der Waals surface area contributed by atoms with Gasteiger partial charge in [0.05, 0.1) is 14.8 Å². The van der Waals surface area contributed by atoms with Crippen molar-refractivity contribution in [3.05, 3.63) is 32.8 Å². The van der Waals surface area contributed by atoms with E-state index >= 15 is 0 Å². The van der Waals surface area contributed by atoms with Crippen LogP contribution in [0.5, 0.6) is 6.01 Å². The van der Waals surface area contributed by atoms with Gasteiger partial charge in [-0.2, -0.15) is 4.31 Å². The van der Waals surface area contributed by atoms with Crippen molar-refractivity contribution in [1.29, 1.82) is 0 Å². The van der Waals surface area contributed by atoms with E-state index in [0.717, 1.165) is 21.1 Å². The number of sulfonamides is 1. The molecule has 0 radical (unpaired) electrons. The lowest BCUT2D eigenvalue weighted by Gasteiger charge is -2.31. The van der Waals surface area contributed by atoms with E-state index < -0.39 is 10.0 Å². The van der Waals surface area contributed by atoms with Crippen LogP contribution in [0.25, 0.3) is 0 Å². The standard InChI is InChI=1S/C13H13Br2N3O3S2/c14-9-6-16-13(17-7-9)21-10-2-1-5-18(8-10)23(19,20)12-4-3-11(15)22-12/h3-4,6-7,10H,1-2,5,8H2. The molecule has 1 aliphatic heterocycles. The van der Waals surface area contributed by atoms with Crippen LogP contribution in [0, 0.1) is 0 Å². The van der Waals surface area contributed by atoms with Gasteiger partial charge in [0, 0.05) is 18.9 Å². The molecule has 0 amide bonds. The number of thiophene rings is 1. The second-order valence-corrected chi connectivity index (χ2v) is 10.5. The van der Waals surface area contributed by atoms with Crippen LogP contribution in [0.1, 0.15) is 12.8 Å². The normalized spacial score (nSPS) is 19.7. The molecule has 1 aliphatic rings. The van der Waals surface area contributed by atoms with Crippen LogP contribution < -0.4 is 4.74 Å². The summed E-state index contributed by atoms with van der Waals surface area (Å²) in [5.41, 5.74) is 0. The van der Waals surface area contributed by atoms with Gasteiger partial charge in [0.15, 0.2) is 0 Å². The first-order valence-corrected chi connectivity index (χ1v) is 10.7. The van der Waals surface area contributed by atoms with Crippen molar-refractivity contribution in [1.82, 2.24) is 14.3 Å². The SMILES string of the molecule is O=S(=O)(c1ccc(Br)s1)N1CCCC(Oc2ncc(Br)cn2)C1. The number of piperidine rings is 1. The van der Waals surface area contributed by atoms with Gasteiger partial charge in [-0.05, 0) is 56.8 Å². The zero-order valence-electron chi connectivity index (χ0n) is 11.9. The molecule has 0 N–H and O–H groups in total. The molecule has 10 heteroatoms. The molecule has 2 aromatic heterocycles. The molecule has 1 fully saturated rings. The molecule has 0 aromatic carbocycles. The van der Waals surface area contributed by atoms with E-state index in [2.05, 4.69) is 41.8 Å². The number of rotatable bonds is 4. The van der Waals surface area contributed by atoms with Gasteiger partial charge in [0.2, 0.25) is 0 Å². The molecule has 3 heterocycles. The predicted octanol–water partition coefficient (Wildman–Crippen LogP) is 3.30. The fraction of sp³-hybridized carbons (Fsp3) is 0.385. The fourth-order valence-electron chi connectivity index (χ4n) is 2.29. The summed E-state index contributed by atoms with van der Waals surface area (Å²) in [5.74, 6) is 0. The van der Waals surface area contributed by atoms with Crippen molar-refractivity contribution in [3.8, 4) is 6.01 Å². The number of nitrogens with zero attached hydrogens (tertiary/aromatic N) is 3. The molecule has 3 rings (SSSR count). The van der Waals surface area contributed by atoms with Crippen LogP contribution in [-0.2, 0) is 10.0 Å². The molecule has 0 saturated carbocycles. The molecule has 6 nitrogen and oxygen atoms in total. The fourth-order valence-corrected chi connectivity index (χ4v) is 6.17. The molecule has 1 atom stereocenters. The highest BCUT2D eigenvalue weighted by Crippen LogP contribution is 2.30. The van der Waals surface area contributed by atoms with E-state index in [9.17, 15) is 8.42 Å². The Hall–Kier alpha value is -0.550.